The fraction of sp³-hybridized carbons (Fsp3) is 0.909. The summed E-state index contributed by atoms with van der Waals surface area (Å²) in [6.07, 6.45) is 3.93. The second kappa shape index (κ2) is 3.96. The zero-order chi connectivity index (χ0) is 12.9. The molecule has 0 radical (unpaired) electrons. The summed E-state index contributed by atoms with van der Waals surface area (Å²) in [4.78, 5) is 12.2. The Morgan fingerprint density at radius 1 is 1.47 bits per heavy atom. The maximum absolute atomic E-state index is 12.2. The standard InChI is InChI=1S/C11H19NO3S2/c1-10(2)8-4-5-11(10,9(13)6-8)7-17(14,15)12-16-3/h8,12H,4-7H2,1-3H3. The number of rotatable bonds is 4. The van der Waals surface area contributed by atoms with E-state index < -0.39 is 15.4 Å². The van der Waals surface area contributed by atoms with Crippen LogP contribution in [0.25, 0.3) is 0 Å². The SMILES string of the molecule is CSNS(=O)(=O)CC12CCC(CC1=O)C2(C)C. The molecule has 0 aromatic carbocycles. The molecule has 0 aliphatic heterocycles. The Bertz CT molecular complexity index is 444. The molecule has 0 heterocycles. The molecule has 17 heavy (non-hydrogen) atoms. The zero-order valence-electron chi connectivity index (χ0n) is 10.4. The summed E-state index contributed by atoms with van der Waals surface area (Å²) in [6, 6.07) is 0. The van der Waals surface area contributed by atoms with Crippen LogP contribution in [0.3, 0.4) is 0 Å². The predicted molar refractivity (Wildman–Crippen MR) is 69.0 cm³/mol. The number of carbonyl (C=O) groups is 1. The first-order chi connectivity index (χ1) is 7.75. The third kappa shape index (κ3) is 1.85. The average Bonchev–Trinajstić information content (AvgIpc) is 2.50. The quantitative estimate of drug-likeness (QED) is 0.792. The molecule has 1 N–H and O–H groups in total. The third-order valence-electron chi connectivity index (χ3n) is 4.79. The van der Waals surface area contributed by atoms with E-state index in [9.17, 15) is 13.2 Å². The predicted octanol–water partition coefficient (Wildman–Crippen LogP) is 1.58. The minimum Gasteiger partial charge on any atom is -0.299 e. The van der Waals surface area contributed by atoms with Gasteiger partial charge in [0.05, 0.1) is 5.75 Å². The number of fused-ring (bicyclic) bond motifs is 2. The number of ketones is 1. The van der Waals surface area contributed by atoms with Crippen LogP contribution in [0.5, 0.6) is 0 Å². The fourth-order valence-corrected chi connectivity index (χ4v) is 6.17. The molecule has 2 unspecified atom stereocenters. The van der Waals surface area contributed by atoms with E-state index in [0.717, 1.165) is 24.8 Å². The second-order valence-corrected chi connectivity index (χ2v) is 8.31. The molecule has 2 fully saturated rings. The highest BCUT2D eigenvalue weighted by Crippen LogP contribution is 2.64. The van der Waals surface area contributed by atoms with Crippen molar-refractivity contribution in [3.05, 3.63) is 0 Å². The van der Waals surface area contributed by atoms with Crippen molar-refractivity contribution < 1.29 is 13.2 Å². The van der Waals surface area contributed by atoms with E-state index in [4.69, 9.17) is 0 Å². The maximum Gasteiger partial charge on any atom is 0.221 e. The Labute approximate surface area is 107 Å². The highest BCUT2D eigenvalue weighted by molar-refractivity contribution is 8.08. The molecule has 2 bridgehead atoms. The topological polar surface area (TPSA) is 63.2 Å². The Balaban J connectivity index is 2.33. The second-order valence-electron chi connectivity index (χ2n) is 5.71. The van der Waals surface area contributed by atoms with Crippen LogP contribution >= 0.6 is 11.9 Å². The van der Waals surface area contributed by atoms with Gasteiger partial charge >= 0.3 is 0 Å². The number of sulfonamides is 1. The monoisotopic (exact) mass is 277 g/mol. The van der Waals surface area contributed by atoms with Gasteiger partial charge < -0.3 is 0 Å². The van der Waals surface area contributed by atoms with E-state index in [-0.39, 0.29) is 17.0 Å². The van der Waals surface area contributed by atoms with Gasteiger partial charge in [0.25, 0.3) is 0 Å². The van der Waals surface area contributed by atoms with Gasteiger partial charge in [-0.15, -0.1) is 0 Å². The lowest BCUT2D eigenvalue weighted by Crippen LogP contribution is -2.44. The van der Waals surface area contributed by atoms with Gasteiger partial charge in [0.15, 0.2) is 0 Å². The van der Waals surface area contributed by atoms with Crippen LogP contribution in [0.2, 0.25) is 0 Å². The Hall–Kier alpha value is -0.0700. The van der Waals surface area contributed by atoms with Crippen molar-refractivity contribution >= 4 is 27.8 Å². The molecule has 6 heteroatoms. The highest BCUT2D eigenvalue weighted by atomic mass is 32.3. The van der Waals surface area contributed by atoms with E-state index in [0.29, 0.717) is 12.3 Å². The Morgan fingerprint density at radius 2 is 2.12 bits per heavy atom. The third-order valence-corrected chi connectivity index (χ3v) is 7.34. The van der Waals surface area contributed by atoms with Gasteiger partial charge in [-0.25, -0.2) is 8.42 Å². The number of nitrogens with one attached hydrogen (secondary N) is 1. The van der Waals surface area contributed by atoms with E-state index >= 15 is 0 Å². The molecule has 0 spiro atoms. The van der Waals surface area contributed by atoms with Crippen LogP contribution in [-0.2, 0) is 14.8 Å². The van der Waals surface area contributed by atoms with Crippen molar-refractivity contribution in [3.8, 4) is 0 Å². The van der Waals surface area contributed by atoms with Crippen molar-refractivity contribution in [1.82, 2.24) is 4.13 Å². The Kier molecular flexibility index (Phi) is 3.12. The molecule has 2 saturated carbocycles. The van der Waals surface area contributed by atoms with Crippen molar-refractivity contribution in [2.24, 2.45) is 16.7 Å². The number of Topliss-reactive ketones (excluding diaryl/α,β-unsaturated/α-hetero) is 1. The lowest BCUT2D eigenvalue weighted by atomic mass is 9.70. The normalized spacial score (nSPS) is 35.5. The molecule has 0 amide bonds. The molecule has 2 rings (SSSR count). The Morgan fingerprint density at radius 3 is 2.53 bits per heavy atom. The summed E-state index contributed by atoms with van der Waals surface area (Å²) in [7, 11) is -3.37. The molecule has 2 atom stereocenters. The molecular formula is C11H19NO3S2. The molecule has 2 aliphatic rings. The van der Waals surface area contributed by atoms with E-state index in [1.165, 1.54) is 0 Å². The summed E-state index contributed by atoms with van der Waals surface area (Å²) in [5.74, 6) is 0.452. The lowest BCUT2D eigenvalue weighted by molar-refractivity contribution is -0.128. The molecule has 2 aliphatic carbocycles. The molecular weight excluding hydrogens is 258 g/mol. The number of hydrogen-bond donors (Lipinski definition) is 1. The van der Waals surface area contributed by atoms with Crippen molar-refractivity contribution in [1.29, 1.82) is 0 Å². The van der Waals surface area contributed by atoms with Gasteiger partial charge in [0.1, 0.15) is 5.78 Å². The van der Waals surface area contributed by atoms with Crippen LogP contribution in [0.4, 0.5) is 0 Å². The van der Waals surface area contributed by atoms with Gasteiger partial charge in [-0.1, -0.05) is 25.8 Å². The number of hydrogen-bond acceptors (Lipinski definition) is 4. The maximum atomic E-state index is 12.2. The highest BCUT2D eigenvalue weighted by Gasteiger charge is 2.65. The van der Waals surface area contributed by atoms with Gasteiger partial charge in [-0.2, -0.15) is 4.13 Å². The fourth-order valence-electron chi connectivity index (χ4n) is 3.59. The van der Waals surface area contributed by atoms with E-state index in [1.54, 1.807) is 6.26 Å². The van der Waals surface area contributed by atoms with Crippen LogP contribution in [0.15, 0.2) is 0 Å². The minimum atomic E-state index is -3.37. The minimum absolute atomic E-state index is 0.0524. The number of carbonyl (C=O) groups excluding carboxylic acids is 1. The zero-order valence-corrected chi connectivity index (χ0v) is 12.1. The summed E-state index contributed by atoms with van der Waals surface area (Å²) in [5, 5.41) is 0. The largest absolute Gasteiger partial charge is 0.299 e. The van der Waals surface area contributed by atoms with E-state index in [2.05, 4.69) is 4.13 Å². The molecule has 0 aromatic rings. The average molecular weight is 277 g/mol. The van der Waals surface area contributed by atoms with Gasteiger partial charge in [0, 0.05) is 11.8 Å². The van der Waals surface area contributed by atoms with Crippen LogP contribution in [-0.4, -0.2) is 26.2 Å². The van der Waals surface area contributed by atoms with Crippen molar-refractivity contribution in [3.63, 3.8) is 0 Å². The molecule has 0 aromatic heterocycles. The van der Waals surface area contributed by atoms with Crippen molar-refractivity contribution in [2.45, 2.75) is 33.1 Å². The van der Waals surface area contributed by atoms with E-state index in [1.807, 2.05) is 13.8 Å². The summed E-state index contributed by atoms with van der Waals surface area (Å²) in [6.45, 7) is 4.09. The smallest absolute Gasteiger partial charge is 0.221 e. The summed E-state index contributed by atoms with van der Waals surface area (Å²) in [5.41, 5.74) is -0.837. The van der Waals surface area contributed by atoms with Gasteiger partial charge in [-0.3, -0.25) is 4.79 Å². The van der Waals surface area contributed by atoms with Crippen LogP contribution in [0, 0.1) is 16.7 Å². The molecule has 0 saturated heterocycles. The van der Waals surface area contributed by atoms with Crippen LogP contribution < -0.4 is 4.13 Å². The first-order valence-corrected chi connectivity index (χ1v) is 8.69. The van der Waals surface area contributed by atoms with Gasteiger partial charge in [0.2, 0.25) is 10.0 Å². The van der Waals surface area contributed by atoms with Crippen molar-refractivity contribution in [2.75, 3.05) is 12.0 Å². The van der Waals surface area contributed by atoms with Crippen LogP contribution in [0.1, 0.15) is 33.1 Å². The lowest BCUT2D eigenvalue weighted by Gasteiger charge is -2.35. The molecule has 98 valence electrons. The first-order valence-electron chi connectivity index (χ1n) is 5.81. The molecule has 4 nitrogen and oxygen atoms in total. The summed E-state index contributed by atoms with van der Waals surface area (Å²) < 4.78 is 26.3. The summed E-state index contributed by atoms with van der Waals surface area (Å²) >= 11 is 1.07. The van der Waals surface area contributed by atoms with Gasteiger partial charge in [-0.05, 0) is 30.4 Å². The first kappa shape index (κ1) is 13.4.